The zero-order valence-corrected chi connectivity index (χ0v) is 19.6. The standard InChI is InChI=1S/C21H22N4O6S2/c1-13-22-19(24-31-13)16-10-18(32-12-16)33(28,29)25-9-3-4-15(11-25)20(26)23-17-7-5-14(6-8-17)21(27)30-2/h5-8,10,12,15H,3-4,9,11H2,1-2H3,(H,23,26)/t15-/m0/s1. The summed E-state index contributed by atoms with van der Waals surface area (Å²) < 4.78 is 37.5. The molecule has 0 unspecified atom stereocenters. The Bertz CT molecular complexity index is 1270. The molecule has 1 aliphatic heterocycles. The highest BCUT2D eigenvalue weighted by atomic mass is 32.2. The van der Waals surface area contributed by atoms with E-state index in [1.165, 1.54) is 17.5 Å². The van der Waals surface area contributed by atoms with Crippen molar-refractivity contribution >= 4 is 38.9 Å². The molecule has 1 aliphatic rings. The fourth-order valence-electron chi connectivity index (χ4n) is 3.54. The molecular weight excluding hydrogens is 468 g/mol. The van der Waals surface area contributed by atoms with Gasteiger partial charge in [-0.2, -0.15) is 9.29 Å². The van der Waals surface area contributed by atoms with E-state index in [1.807, 2.05) is 0 Å². The Morgan fingerprint density at radius 2 is 2.03 bits per heavy atom. The number of ether oxygens (including phenoxy) is 1. The number of rotatable bonds is 6. The molecule has 3 aromatic rings. The number of carbonyl (C=O) groups is 2. The molecule has 0 radical (unpaired) electrons. The second-order valence-electron chi connectivity index (χ2n) is 7.55. The van der Waals surface area contributed by atoms with Crippen LogP contribution in [0.3, 0.4) is 0 Å². The van der Waals surface area contributed by atoms with E-state index in [4.69, 9.17) is 4.52 Å². The largest absolute Gasteiger partial charge is 0.465 e. The molecule has 1 aromatic carbocycles. The summed E-state index contributed by atoms with van der Waals surface area (Å²) in [4.78, 5) is 28.5. The lowest BCUT2D eigenvalue weighted by Crippen LogP contribution is -2.43. The van der Waals surface area contributed by atoms with Gasteiger partial charge >= 0.3 is 5.97 Å². The Kier molecular flexibility index (Phi) is 6.58. The highest BCUT2D eigenvalue weighted by molar-refractivity contribution is 7.91. The Morgan fingerprint density at radius 3 is 2.70 bits per heavy atom. The Morgan fingerprint density at radius 1 is 1.27 bits per heavy atom. The Hall–Kier alpha value is -3.09. The molecule has 4 rings (SSSR count). The first kappa shape index (κ1) is 23.1. The van der Waals surface area contributed by atoms with Crippen molar-refractivity contribution in [3.63, 3.8) is 0 Å². The molecular formula is C21H22N4O6S2. The van der Waals surface area contributed by atoms with Gasteiger partial charge in [0.1, 0.15) is 4.21 Å². The summed E-state index contributed by atoms with van der Waals surface area (Å²) in [5, 5.41) is 8.29. The first-order chi connectivity index (χ1) is 15.8. The third-order valence-corrected chi connectivity index (χ3v) is 8.56. The van der Waals surface area contributed by atoms with Crippen molar-refractivity contribution in [2.24, 2.45) is 5.92 Å². The predicted octanol–water partition coefficient (Wildman–Crippen LogP) is 2.93. The maximum atomic E-state index is 13.2. The first-order valence-corrected chi connectivity index (χ1v) is 12.5. The lowest BCUT2D eigenvalue weighted by atomic mass is 9.98. The molecule has 174 valence electrons. The van der Waals surface area contributed by atoms with Crippen LogP contribution in [0, 0.1) is 12.8 Å². The van der Waals surface area contributed by atoms with Gasteiger partial charge in [-0.15, -0.1) is 11.3 Å². The van der Waals surface area contributed by atoms with Crippen LogP contribution in [0.15, 0.2) is 44.4 Å². The summed E-state index contributed by atoms with van der Waals surface area (Å²) in [5.41, 5.74) is 1.46. The van der Waals surface area contributed by atoms with Gasteiger partial charge in [-0.05, 0) is 43.2 Å². The van der Waals surface area contributed by atoms with Crippen LogP contribution in [-0.4, -0.2) is 54.9 Å². The number of nitrogens with one attached hydrogen (secondary N) is 1. The Labute approximate surface area is 194 Å². The van der Waals surface area contributed by atoms with E-state index in [0.29, 0.717) is 47.9 Å². The van der Waals surface area contributed by atoms with E-state index in [9.17, 15) is 18.0 Å². The van der Waals surface area contributed by atoms with Crippen LogP contribution in [0.5, 0.6) is 0 Å². The molecule has 0 saturated carbocycles. The number of benzene rings is 1. The topological polar surface area (TPSA) is 132 Å². The van der Waals surface area contributed by atoms with Crippen molar-refractivity contribution in [2.45, 2.75) is 24.0 Å². The van der Waals surface area contributed by atoms with E-state index in [0.717, 1.165) is 11.3 Å². The summed E-state index contributed by atoms with van der Waals surface area (Å²) >= 11 is 1.08. The van der Waals surface area contributed by atoms with Gasteiger partial charge in [-0.25, -0.2) is 13.2 Å². The second-order valence-corrected chi connectivity index (χ2v) is 10.6. The van der Waals surface area contributed by atoms with Crippen molar-refractivity contribution in [3.8, 4) is 11.4 Å². The summed E-state index contributed by atoms with van der Waals surface area (Å²) in [5.74, 6) is -0.500. The van der Waals surface area contributed by atoms with Crippen LogP contribution in [-0.2, 0) is 19.6 Å². The highest BCUT2D eigenvalue weighted by Crippen LogP contribution is 2.31. The molecule has 0 aliphatic carbocycles. The van der Waals surface area contributed by atoms with Crippen LogP contribution >= 0.6 is 11.3 Å². The maximum Gasteiger partial charge on any atom is 0.337 e. The summed E-state index contributed by atoms with van der Waals surface area (Å²) in [7, 11) is -2.47. The molecule has 0 bridgehead atoms. The number of esters is 1. The van der Waals surface area contributed by atoms with Gasteiger partial charge in [0.25, 0.3) is 10.0 Å². The van der Waals surface area contributed by atoms with Crippen LogP contribution in [0.25, 0.3) is 11.4 Å². The fraction of sp³-hybridized carbons (Fsp3) is 0.333. The molecule has 33 heavy (non-hydrogen) atoms. The SMILES string of the molecule is COC(=O)c1ccc(NC(=O)[C@H]2CCCN(S(=O)(=O)c3cc(-c4noc(C)n4)cs3)C2)cc1. The van der Waals surface area contributed by atoms with Crippen molar-refractivity contribution in [1.29, 1.82) is 0 Å². The van der Waals surface area contributed by atoms with Crippen molar-refractivity contribution in [2.75, 3.05) is 25.5 Å². The molecule has 3 heterocycles. The third kappa shape index (κ3) is 4.97. The van der Waals surface area contributed by atoms with Crippen LogP contribution in [0.2, 0.25) is 0 Å². The number of methoxy groups -OCH3 is 1. The number of carbonyl (C=O) groups excluding carboxylic acids is 2. The second kappa shape index (κ2) is 9.41. The number of thiophene rings is 1. The van der Waals surface area contributed by atoms with Gasteiger partial charge < -0.3 is 14.6 Å². The third-order valence-electron chi connectivity index (χ3n) is 5.28. The molecule has 12 heteroatoms. The maximum absolute atomic E-state index is 13.2. The van der Waals surface area contributed by atoms with Crippen LogP contribution in [0.4, 0.5) is 5.69 Å². The number of hydrogen-bond donors (Lipinski definition) is 1. The van der Waals surface area contributed by atoms with Gasteiger partial charge in [0.15, 0.2) is 0 Å². The zero-order chi connectivity index (χ0) is 23.6. The highest BCUT2D eigenvalue weighted by Gasteiger charge is 2.34. The molecule has 10 nitrogen and oxygen atoms in total. The van der Waals surface area contributed by atoms with Gasteiger partial charge in [0.05, 0.1) is 18.6 Å². The predicted molar refractivity (Wildman–Crippen MR) is 120 cm³/mol. The average molecular weight is 491 g/mol. The number of piperidine rings is 1. The molecule has 1 atom stereocenters. The molecule has 1 fully saturated rings. The minimum absolute atomic E-state index is 0.0863. The number of amides is 1. The van der Waals surface area contributed by atoms with Gasteiger partial charge in [0, 0.05) is 36.6 Å². The monoisotopic (exact) mass is 490 g/mol. The first-order valence-electron chi connectivity index (χ1n) is 10.2. The van der Waals surface area contributed by atoms with Gasteiger partial charge in [-0.3, -0.25) is 4.79 Å². The zero-order valence-electron chi connectivity index (χ0n) is 18.0. The van der Waals surface area contributed by atoms with Crippen LogP contribution < -0.4 is 5.32 Å². The van der Waals surface area contributed by atoms with Gasteiger partial charge in [0.2, 0.25) is 17.6 Å². The minimum Gasteiger partial charge on any atom is -0.465 e. The summed E-state index contributed by atoms with van der Waals surface area (Å²) in [6.45, 7) is 2.09. The average Bonchev–Trinajstić information content (AvgIpc) is 3.49. The molecule has 1 N–H and O–H groups in total. The number of anilines is 1. The van der Waals surface area contributed by atoms with Crippen molar-refractivity contribution in [3.05, 3.63) is 47.2 Å². The quantitative estimate of drug-likeness (QED) is 0.522. The lowest BCUT2D eigenvalue weighted by Gasteiger charge is -2.30. The van der Waals surface area contributed by atoms with Crippen molar-refractivity contribution < 1.29 is 27.3 Å². The van der Waals surface area contributed by atoms with E-state index in [-0.39, 0.29) is 16.7 Å². The smallest absolute Gasteiger partial charge is 0.337 e. The van der Waals surface area contributed by atoms with E-state index < -0.39 is 21.9 Å². The van der Waals surface area contributed by atoms with E-state index in [1.54, 1.807) is 36.6 Å². The molecule has 1 saturated heterocycles. The number of aromatic nitrogens is 2. The molecule has 0 spiro atoms. The van der Waals surface area contributed by atoms with Crippen LogP contribution in [0.1, 0.15) is 29.1 Å². The van der Waals surface area contributed by atoms with Crippen molar-refractivity contribution in [1.82, 2.24) is 14.4 Å². The number of aryl methyl sites for hydroxylation is 1. The summed E-state index contributed by atoms with van der Waals surface area (Å²) in [6.07, 6.45) is 1.15. The number of hydrogen-bond acceptors (Lipinski definition) is 9. The van der Waals surface area contributed by atoms with Gasteiger partial charge in [-0.1, -0.05) is 5.16 Å². The Balaban J connectivity index is 1.43. The minimum atomic E-state index is -3.77. The number of sulfonamides is 1. The lowest BCUT2D eigenvalue weighted by molar-refractivity contribution is -0.120. The fourth-order valence-corrected chi connectivity index (χ4v) is 6.37. The number of nitrogens with zero attached hydrogens (tertiary/aromatic N) is 3. The molecule has 1 amide bonds. The van der Waals surface area contributed by atoms with E-state index >= 15 is 0 Å². The molecule has 2 aromatic heterocycles. The normalized spacial score (nSPS) is 17.0. The van der Waals surface area contributed by atoms with E-state index in [2.05, 4.69) is 20.2 Å². The summed E-state index contributed by atoms with van der Waals surface area (Å²) in [6, 6.07) is 7.84.